The van der Waals surface area contributed by atoms with E-state index in [0.29, 0.717) is 38.2 Å². The van der Waals surface area contributed by atoms with Gasteiger partial charge in [-0.1, -0.05) is 42.5 Å². The standard InChI is InChI=1S/C38H43F2N3O3/c1-23-18-24(2)25(3)35(19-23)46-17-15-27-8-10-28(11-9-27)32-20-30-21-42(26(4)44)22-34(41-30)36(32)38(45)43(31-12-13-31)16-14-29-6-5-7-33(39)37(29)40/h5-11,18-19,30-31,34,41H,12-17,20-22H2,1-4H3/t30-,34-/m1/s1. The van der Waals surface area contributed by atoms with E-state index in [-0.39, 0.29) is 41.9 Å². The van der Waals surface area contributed by atoms with Gasteiger partial charge in [-0.15, -0.1) is 0 Å². The number of rotatable bonds is 10. The second-order valence-corrected chi connectivity index (χ2v) is 13.1. The Labute approximate surface area is 270 Å². The van der Waals surface area contributed by atoms with Crippen molar-refractivity contribution in [2.24, 2.45) is 0 Å². The van der Waals surface area contributed by atoms with Crippen molar-refractivity contribution in [3.8, 4) is 5.75 Å². The van der Waals surface area contributed by atoms with Crippen molar-refractivity contribution in [3.63, 3.8) is 0 Å². The molecular formula is C38H43F2N3O3. The molecule has 1 aliphatic carbocycles. The lowest BCUT2D eigenvalue weighted by molar-refractivity contribution is -0.132. The fourth-order valence-corrected chi connectivity index (χ4v) is 6.90. The van der Waals surface area contributed by atoms with E-state index in [4.69, 9.17) is 4.74 Å². The average molecular weight is 628 g/mol. The molecule has 0 aromatic heterocycles. The van der Waals surface area contributed by atoms with Crippen LogP contribution in [-0.4, -0.2) is 66.0 Å². The molecule has 1 saturated heterocycles. The van der Waals surface area contributed by atoms with Gasteiger partial charge in [-0.25, -0.2) is 8.78 Å². The van der Waals surface area contributed by atoms with Crippen LogP contribution in [0, 0.1) is 32.4 Å². The molecule has 2 fully saturated rings. The van der Waals surface area contributed by atoms with E-state index in [9.17, 15) is 18.4 Å². The molecule has 2 amide bonds. The van der Waals surface area contributed by atoms with Gasteiger partial charge in [0.25, 0.3) is 5.91 Å². The van der Waals surface area contributed by atoms with Gasteiger partial charge in [0.1, 0.15) is 5.75 Å². The lowest BCUT2D eigenvalue weighted by Gasteiger charge is -2.44. The number of aryl methyl sites for hydroxylation is 2. The SMILES string of the molecule is CC(=O)N1C[C@H]2CC(c3ccc(CCOc4cc(C)cc(C)c4C)cc3)=C(C(=O)N(CCc3cccc(F)c3F)C3CC3)[C@@H](C1)N2. The van der Waals surface area contributed by atoms with Crippen LogP contribution in [0.25, 0.3) is 5.57 Å². The molecule has 2 aliphatic heterocycles. The highest BCUT2D eigenvalue weighted by Crippen LogP contribution is 2.37. The zero-order valence-electron chi connectivity index (χ0n) is 27.2. The van der Waals surface area contributed by atoms with Crippen molar-refractivity contribution in [1.29, 1.82) is 0 Å². The molecule has 1 saturated carbocycles. The van der Waals surface area contributed by atoms with Crippen molar-refractivity contribution < 1.29 is 23.1 Å². The summed E-state index contributed by atoms with van der Waals surface area (Å²) in [7, 11) is 0. The van der Waals surface area contributed by atoms with E-state index in [0.717, 1.165) is 53.3 Å². The highest BCUT2D eigenvalue weighted by Gasteiger charge is 2.42. The number of amides is 2. The number of carbonyl (C=O) groups is 2. The zero-order chi connectivity index (χ0) is 32.5. The van der Waals surface area contributed by atoms with Gasteiger partial charge in [0.2, 0.25) is 5.91 Å². The van der Waals surface area contributed by atoms with E-state index in [2.05, 4.69) is 62.5 Å². The van der Waals surface area contributed by atoms with Gasteiger partial charge in [0.05, 0.1) is 12.6 Å². The molecule has 6 rings (SSSR count). The first kappa shape index (κ1) is 31.9. The topological polar surface area (TPSA) is 61.9 Å². The first-order valence-corrected chi connectivity index (χ1v) is 16.4. The molecule has 0 unspecified atom stereocenters. The van der Waals surface area contributed by atoms with Crippen LogP contribution >= 0.6 is 0 Å². The van der Waals surface area contributed by atoms with Gasteiger partial charge in [0, 0.05) is 50.6 Å². The maximum Gasteiger partial charge on any atom is 0.252 e. The van der Waals surface area contributed by atoms with E-state index >= 15 is 0 Å². The number of carbonyl (C=O) groups excluding carboxylic acids is 2. The zero-order valence-corrected chi connectivity index (χ0v) is 27.2. The van der Waals surface area contributed by atoms with Crippen molar-refractivity contribution >= 4 is 17.4 Å². The molecule has 3 aliphatic rings. The molecule has 3 aromatic carbocycles. The molecule has 0 spiro atoms. The van der Waals surface area contributed by atoms with Crippen LogP contribution < -0.4 is 10.1 Å². The fourth-order valence-electron chi connectivity index (χ4n) is 6.90. The first-order valence-electron chi connectivity index (χ1n) is 16.4. The third-order valence-corrected chi connectivity index (χ3v) is 9.70. The normalized spacial score (nSPS) is 19.3. The van der Waals surface area contributed by atoms with E-state index in [1.54, 1.807) is 13.0 Å². The summed E-state index contributed by atoms with van der Waals surface area (Å²) < 4.78 is 34.6. The number of hydrogen-bond donors (Lipinski definition) is 1. The Kier molecular flexibility index (Phi) is 9.27. The van der Waals surface area contributed by atoms with Crippen LogP contribution in [0.2, 0.25) is 0 Å². The number of piperazine rings is 1. The summed E-state index contributed by atoms with van der Waals surface area (Å²) in [5.41, 5.74) is 7.64. The van der Waals surface area contributed by atoms with Gasteiger partial charge in [0.15, 0.2) is 11.6 Å². The minimum absolute atomic E-state index is 0.00466. The molecule has 1 N–H and O–H groups in total. The van der Waals surface area contributed by atoms with Crippen LogP contribution in [-0.2, 0) is 22.4 Å². The Hall–Kier alpha value is -4.04. The van der Waals surface area contributed by atoms with Crippen molar-refractivity contribution in [2.45, 2.75) is 77.9 Å². The summed E-state index contributed by atoms with van der Waals surface area (Å²) in [6.07, 6.45) is 3.38. The minimum Gasteiger partial charge on any atom is -0.493 e. The molecule has 242 valence electrons. The summed E-state index contributed by atoms with van der Waals surface area (Å²) in [4.78, 5) is 30.5. The molecule has 2 bridgehead atoms. The van der Waals surface area contributed by atoms with E-state index in [1.807, 2.05) is 9.80 Å². The minimum atomic E-state index is -0.878. The quantitative estimate of drug-likeness (QED) is 0.296. The maximum atomic E-state index is 14.5. The number of fused-ring (bicyclic) bond motifs is 2. The molecule has 0 radical (unpaired) electrons. The van der Waals surface area contributed by atoms with Gasteiger partial charge >= 0.3 is 0 Å². The second kappa shape index (κ2) is 13.4. The third kappa shape index (κ3) is 6.87. The van der Waals surface area contributed by atoms with E-state index in [1.165, 1.54) is 17.2 Å². The number of benzene rings is 3. The average Bonchev–Trinajstić information content (AvgIpc) is 3.87. The van der Waals surface area contributed by atoms with Crippen LogP contribution in [0.1, 0.15) is 59.6 Å². The molecular weight excluding hydrogens is 584 g/mol. The Bertz CT molecular complexity index is 1660. The highest BCUT2D eigenvalue weighted by atomic mass is 19.2. The third-order valence-electron chi connectivity index (χ3n) is 9.70. The maximum absolute atomic E-state index is 14.5. The smallest absolute Gasteiger partial charge is 0.252 e. The van der Waals surface area contributed by atoms with Gasteiger partial charge in [-0.3, -0.25) is 9.59 Å². The molecule has 6 nitrogen and oxygen atoms in total. The number of nitrogens with one attached hydrogen (secondary N) is 1. The number of ether oxygens (including phenoxy) is 1. The predicted molar refractivity (Wildman–Crippen MR) is 176 cm³/mol. The monoisotopic (exact) mass is 627 g/mol. The highest BCUT2D eigenvalue weighted by molar-refractivity contribution is 6.03. The van der Waals surface area contributed by atoms with Crippen molar-refractivity contribution in [2.75, 3.05) is 26.2 Å². The Morgan fingerprint density at radius 1 is 1.00 bits per heavy atom. The molecule has 2 atom stereocenters. The number of nitrogens with zero attached hydrogens (tertiary/aromatic N) is 2. The lowest BCUT2D eigenvalue weighted by atomic mass is 9.82. The number of halogens is 2. The summed E-state index contributed by atoms with van der Waals surface area (Å²) in [6.45, 7) is 9.70. The molecule has 46 heavy (non-hydrogen) atoms. The fraction of sp³-hybridized carbons (Fsp3) is 0.421. The van der Waals surface area contributed by atoms with Gasteiger partial charge in [-0.2, -0.15) is 0 Å². The lowest BCUT2D eigenvalue weighted by Crippen LogP contribution is -2.62. The number of hydrogen-bond acceptors (Lipinski definition) is 4. The summed E-state index contributed by atoms with van der Waals surface area (Å²) in [5.74, 6) is -0.904. The van der Waals surface area contributed by atoms with E-state index < -0.39 is 11.6 Å². The first-order chi connectivity index (χ1) is 22.1. The second-order valence-electron chi connectivity index (χ2n) is 13.1. The van der Waals surface area contributed by atoms with Crippen LogP contribution in [0.4, 0.5) is 8.78 Å². The summed E-state index contributed by atoms with van der Waals surface area (Å²) >= 11 is 0. The Morgan fingerprint density at radius 2 is 1.76 bits per heavy atom. The van der Waals surface area contributed by atoms with Crippen LogP contribution in [0.15, 0.2) is 60.2 Å². The molecule has 2 heterocycles. The van der Waals surface area contributed by atoms with Gasteiger partial charge in [-0.05, 0) is 97.5 Å². The largest absolute Gasteiger partial charge is 0.493 e. The van der Waals surface area contributed by atoms with Crippen LogP contribution in [0.5, 0.6) is 5.75 Å². The van der Waals surface area contributed by atoms with Crippen LogP contribution in [0.3, 0.4) is 0 Å². The van der Waals surface area contributed by atoms with Gasteiger partial charge < -0.3 is 19.9 Å². The molecule has 3 aromatic rings. The predicted octanol–water partition coefficient (Wildman–Crippen LogP) is 6.09. The molecule has 8 heteroatoms. The Balaban J connectivity index is 1.25. The van der Waals surface area contributed by atoms with Crippen molar-refractivity contribution in [3.05, 3.63) is 105 Å². The summed E-state index contributed by atoms with van der Waals surface area (Å²) in [5, 5.41) is 3.61. The Morgan fingerprint density at radius 3 is 2.48 bits per heavy atom. The van der Waals surface area contributed by atoms with Crippen molar-refractivity contribution in [1.82, 2.24) is 15.1 Å². The summed E-state index contributed by atoms with van der Waals surface area (Å²) in [6, 6.07) is 16.6.